The zero-order valence-electron chi connectivity index (χ0n) is 8.75. The number of thiol groups is 1. The van der Waals surface area contributed by atoms with Gasteiger partial charge in [-0.15, -0.1) is 0 Å². The summed E-state index contributed by atoms with van der Waals surface area (Å²) in [6, 6.07) is 0. The highest BCUT2D eigenvalue weighted by molar-refractivity contribution is 7.80. The van der Waals surface area contributed by atoms with E-state index >= 15 is 0 Å². The number of carbonyl (C=O) groups excluding carboxylic acids is 1. The van der Waals surface area contributed by atoms with Gasteiger partial charge in [0.15, 0.2) is 0 Å². The summed E-state index contributed by atoms with van der Waals surface area (Å²) in [7, 11) is 0. The van der Waals surface area contributed by atoms with Gasteiger partial charge in [-0.3, -0.25) is 4.79 Å². The Bertz CT molecular complexity index is 221. The monoisotopic (exact) mass is 213 g/mol. The fourth-order valence-electron chi connectivity index (χ4n) is 1.43. The van der Waals surface area contributed by atoms with Crippen molar-refractivity contribution in [2.45, 2.75) is 32.6 Å². The Kier molecular flexibility index (Phi) is 4.52. The van der Waals surface area contributed by atoms with Crippen molar-refractivity contribution in [2.75, 3.05) is 12.3 Å². The topological polar surface area (TPSA) is 29.1 Å². The number of carbonyl (C=O) groups is 1. The zero-order chi connectivity index (χ0) is 10.4. The molecule has 80 valence electrons. The van der Waals surface area contributed by atoms with Crippen LogP contribution >= 0.6 is 12.6 Å². The molecule has 1 N–H and O–H groups in total. The van der Waals surface area contributed by atoms with Gasteiger partial charge in [0.2, 0.25) is 5.91 Å². The summed E-state index contributed by atoms with van der Waals surface area (Å²) in [6.07, 6.45) is 7.98. The van der Waals surface area contributed by atoms with Crippen LogP contribution < -0.4 is 5.32 Å². The molecule has 0 bridgehead atoms. The average molecular weight is 213 g/mol. The first kappa shape index (κ1) is 11.6. The van der Waals surface area contributed by atoms with Crippen molar-refractivity contribution in [2.24, 2.45) is 5.41 Å². The largest absolute Gasteiger partial charge is 0.356 e. The Morgan fingerprint density at radius 3 is 2.79 bits per heavy atom. The number of allylic oxidation sites excluding steroid dienone is 1. The first-order valence-corrected chi connectivity index (χ1v) is 5.84. The summed E-state index contributed by atoms with van der Waals surface area (Å²) in [5.41, 5.74) is 0.244. The molecule has 1 aliphatic carbocycles. The number of nitrogens with one attached hydrogen (secondary N) is 1. The summed E-state index contributed by atoms with van der Waals surface area (Å²) in [5, 5.41) is 2.92. The highest BCUT2D eigenvalue weighted by Crippen LogP contribution is 2.49. The maximum absolute atomic E-state index is 11.5. The molecule has 1 amide bonds. The lowest BCUT2D eigenvalue weighted by Crippen LogP contribution is -2.27. The van der Waals surface area contributed by atoms with Crippen LogP contribution in [0.5, 0.6) is 0 Å². The van der Waals surface area contributed by atoms with Crippen LogP contribution in [0.3, 0.4) is 0 Å². The molecular formula is C11H19NOS. The Labute approximate surface area is 91.6 Å². The molecular weight excluding hydrogens is 194 g/mol. The van der Waals surface area contributed by atoms with Gasteiger partial charge in [0.1, 0.15) is 0 Å². The molecule has 0 spiro atoms. The zero-order valence-corrected chi connectivity index (χ0v) is 9.65. The lowest BCUT2D eigenvalue weighted by Gasteiger charge is -2.10. The van der Waals surface area contributed by atoms with Gasteiger partial charge in [0.05, 0.1) is 0 Å². The molecule has 1 fully saturated rings. The molecule has 2 nitrogen and oxygen atoms in total. The van der Waals surface area contributed by atoms with Gasteiger partial charge in [-0.05, 0) is 37.4 Å². The minimum absolute atomic E-state index is 0.182. The number of hydrogen-bond acceptors (Lipinski definition) is 2. The van der Waals surface area contributed by atoms with Gasteiger partial charge in [-0.1, -0.05) is 12.2 Å². The van der Waals surface area contributed by atoms with Gasteiger partial charge in [0.25, 0.3) is 0 Å². The Balaban J connectivity index is 2.10. The molecule has 3 heteroatoms. The molecule has 0 aromatic carbocycles. The van der Waals surface area contributed by atoms with Crippen molar-refractivity contribution in [1.29, 1.82) is 0 Å². The molecule has 14 heavy (non-hydrogen) atoms. The van der Waals surface area contributed by atoms with E-state index < -0.39 is 0 Å². The smallest absolute Gasteiger partial charge is 0.220 e. The van der Waals surface area contributed by atoms with Crippen LogP contribution in [0.2, 0.25) is 0 Å². The first-order valence-electron chi connectivity index (χ1n) is 5.21. The standard InChI is InChI=1S/C11H19NOS/c1-2-3-4-7-12-10(13)8-11(9-14)5-6-11/h2-3,14H,4-9H2,1H3,(H,12,13)/b3-2+. The minimum Gasteiger partial charge on any atom is -0.356 e. The summed E-state index contributed by atoms with van der Waals surface area (Å²) in [4.78, 5) is 11.5. The van der Waals surface area contributed by atoms with Crippen LogP contribution in [-0.2, 0) is 4.79 Å². The van der Waals surface area contributed by atoms with E-state index in [0.717, 1.165) is 18.7 Å². The number of hydrogen-bond donors (Lipinski definition) is 2. The summed E-state index contributed by atoms with van der Waals surface area (Å²) < 4.78 is 0. The second-order valence-corrected chi connectivity index (χ2v) is 4.36. The molecule has 0 heterocycles. The van der Waals surface area contributed by atoms with Crippen molar-refractivity contribution in [3.05, 3.63) is 12.2 Å². The van der Waals surface area contributed by atoms with E-state index in [4.69, 9.17) is 0 Å². The third kappa shape index (κ3) is 3.74. The predicted molar refractivity (Wildman–Crippen MR) is 62.6 cm³/mol. The summed E-state index contributed by atoms with van der Waals surface area (Å²) >= 11 is 4.27. The maximum Gasteiger partial charge on any atom is 0.220 e. The van der Waals surface area contributed by atoms with E-state index in [1.807, 2.05) is 13.0 Å². The van der Waals surface area contributed by atoms with Crippen LogP contribution in [0, 0.1) is 5.41 Å². The first-order chi connectivity index (χ1) is 6.72. The average Bonchev–Trinajstić information content (AvgIpc) is 2.93. The third-order valence-corrected chi connectivity index (χ3v) is 3.37. The van der Waals surface area contributed by atoms with Gasteiger partial charge < -0.3 is 5.32 Å². The van der Waals surface area contributed by atoms with Crippen LogP contribution in [0.15, 0.2) is 12.2 Å². The lowest BCUT2D eigenvalue weighted by atomic mass is 10.1. The molecule has 1 aliphatic rings. The van der Waals surface area contributed by atoms with E-state index in [1.165, 1.54) is 12.8 Å². The van der Waals surface area contributed by atoms with E-state index in [2.05, 4.69) is 24.0 Å². The van der Waals surface area contributed by atoms with Crippen molar-refractivity contribution < 1.29 is 4.79 Å². The molecule has 0 unspecified atom stereocenters. The molecule has 0 atom stereocenters. The molecule has 0 aromatic heterocycles. The van der Waals surface area contributed by atoms with Crippen LogP contribution in [0.25, 0.3) is 0 Å². The molecule has 0 aromatic rings. The highest BCUT2D eigenvalue weighted by atomic mass is 32.1. The molecule has 0 aliphatic heterocycles. The minimum atomic E-state index is 0.182. The van der Waals surface area contributed by atoms with Crippen molar-refractivity contribution >= 4 is 18.5 Å². The van der Waals surface area contributed by atoms with Gasteiger partial charge in [-0.25, -0.2) is 0 Å². The van der Waals surface area contributed by atoms with E-state index in [0.29, 0.717) is 6.42 Å². The summed E-state index contributed by atoms with van der Waals surface area (Å²) in [5.74, 6) is 1.02. The quantitative estimate of drug-likeness (QED) is 0.395. The fourth-order valence-corrected chi connectivity index (χ4v) is 1.86. The van der Waals surface area contributed by atoms with Gasteiger partial charge >= 0.3 is 0 Å². The predicted octanol–water partition coefficient (Wildman–Crippen LogP) is 2.17. The molecule has 0 saturated heterocycles. The van der Waals surface area contributed by atoms with Gasteiger partial charge in [-0.2, -0.15) is 12.6 Å². The van der Waals surface area contributed by atoms with Crippen LogP contribution in [0.4, 0.5) is 0 Å². The van der Waals surface area contributed by atoms with E-state index in [1.54, 1.807) is 0 Å². The lowest BCUT2D eigenvalue weighted by molar-refractivity contribution is -0.122. The fraction of sp³-hybridized carbons (Fsp3) is 0.727. The number of rotatable bonds is 6. The number of amides is 1. The van der Waals surface area contributed by atoms with E-state index in [9.17, 15) is 4.79 Å². The third-order valence-electron chi connectivity index (χ3n) is 2.70. The Hall–Kier alpha value is -0.440. The normalized spacial score (nSPS) is 18.4. The maximum atomic E-state index is 11.5. The second kappa shape index (κ2) is 5.44. The highest BCUT2D eigenvalue weighted by Gasteiger charge is 2.42. The molecule has 1 saturated carbocycles. The molecule has 0 radical (unpaired) electrons. The van der Waals surface area contributed by atoms with Crippen LogP contribution in [0.1, 0.15) is 32.6 Å². The second-order valence-electron chi connectivity index (χ2n) is 4.04. The SMILES string of the molecule is C/C=C/CCNC(=O)CC1(CS)CC1. The van der Waals surface area contributed by atoms with Gasteiger partial charge in [0, 0.05) is 13.0 Å². The van der Waals surface area contributed by atoms with Crippen molar-refractivity contribution in [3.8, 4) is 0 Å². The van der Waals surface area contributed by atoms with Crippen molar-refractivity contribution in [1.82, 2.24) is 5.32 Å². The Morgan fingerprint density at radius 1 is 1.57 bits per heavy atom. The summed E-state index contributed by atoms with van der Waals surface area (Å²) in [6.45, 7) is 2.74. The van der Waals surface area contributed by atoms with E-state index in [-0.39, 0.29) is 11.3 Å². The van der Waals surface area contributed by atoms with Crippen molar-refractivity contribution in [3.63, 3.8) is 0 Å². The molecule has 1 rings (SSSR count). The Morgan fingerprint density at radius 2 is 2.29 bits per heavy atom. The van der Waals surface area contributed by atoms with Crippen LogP contribution in [-0.4, -0.2) is 18.2 Å².